The Kier molecular flexibility index (Phi) is 6.06. The summed E-state index contributed by atoms with van der Waals surface area (Å²) >= 11 is 0. The first-order valence-corrected chi connectivity index (χ1v) is 4.94. The molecule has 0 aliphatic carbocycles. The number of halogens is 6. The monoisotopic (exact) mass is 295 g/mol. The molecule has 0 unspecified atom stereocenters. The van der Waals surface area contributed by atoms with Gasteiger partial charge in [-0.25, -0.2) is 0 Å². The van der Waals surface area contributed by atoms with Crippen molar-refractivity contribution in [2.45, 2.75) is 25.4 Å². The van der Waals surface area contributed by atoms with Gasteiger partial charge in [-0.05, 0) is 6.54 Å². The van der Waals surface area contributed by atoms with Gasteiger partial charge in [0.25, 0.3) is 0 Å². The number of likely N-dealkylation sites (N-methyl/N-ethyl adjacent to an activating group) is 1. The molecule has 0 saturated carbocycles. The third-order valence-electron chi connectivity index (χ3n) is 1.72. The molecule has 0 saturated heterocycles. The average Bonchev–Trinajstić information content (AvgIpc) is 2.22. The molecule has 0 aromatic heterocycles. The highest BCUT2D eigenvalue weighted by Gasteiger charge is 2.42. The fourth-order valence-electron chi connectivity index (χ4n) is 0.907. The van der Waals surface area contributed by atoms with E-state index >= 15 is 0 Å². The maximum absolute atomic E-state index is 11.9. The van der Waals surface area contributed by atoms with Crippen LogP contribution in [0.25, 0.3) is 0 Å². The zero-order valence-electron chi connectivity index (χ0n) is 9.58. The zero-order valence-corrected chi connectivity index (χ0v) is 9.58. The van der Waals surface area contributed by atoms with Gasteiger partial charge in [0.05, 0.1) is 0 Å². The first kappa shape index (κ1) is 17.5. The van der Waals surface area contributed by atoms with E-state index in [9.17, 15) is 35.9 Å². The van der Waals surface area contributed by atoms with Crippen LogP contribution in [0.1, 0.15) is 6.92 Å². The second kappa shape index (κ2) is 6.59. The molecule has 0 fully saturated rings. The molecule has 0 bridgehead atoms. The van der Waals surface area contributed by atoms with Crippen molar-refractivity contribution in [1.29, 1.82) is 0 Å². The van der Waals surface area contributed by atoms with Crippen molar-refractivity contribution in [1.82, 2.24) is 16.0 Å². The van der Waals surface area contributed by atoms with E-state index in [1.807, 2.05) is 0 Å². The Morgan fingerprint density at radius 3 is 1.58 bits per heavy atom. The maximum atomic E-state index is 11.9. The second-order valence-electron chi connectivity index (χ2n) is 3.30. The van der Waals surface area contributed by atoms with E-state index in [0.29, 0.717) is 0 Å². The highest BCUT2D eigenvalue weighted by molar-refractivity contribution is 5.84. The second-order valence-corrected chi connectivity index (χ2v) is 3.30. The average molecular weight is 295 g/mol. The van der Waals surface area contributed by atoms with Crippen LogP contribution in [0.2, 0.25) is 0 Å². The Balaban J connectivity index is 4.65. The van der Waals surface area contributed by atoms with Gasteiger partial charge in [0.2, 0.25) is 0 Å². The highest BCUT2D eigenvalue weighted by Crippen LogP contribution is 2.16. The van der Waals surface area contributed by atoms with E-state index < -0.39 is 36.9 Å². The Hall–Kier alpha value is -1.52. The van der Waals surface area contributed by atoms with Crippen molar-refractivity contribution in [3.05, 3.63) is 0 Å². The molecular weight excluding hydrogens is 284 g/mol. The van der Waals surface area contributed by atoms with Gasteiger partial charge in [0.1, 0.15) is 6.17 Å². The minimum atomic E-state index is -5.26. The van der Waals surface area contributed by atoms with E-state index in [-0.39, 0.29) is 6.54 Å². The van der Waals surface area contributed by atoms with Crippen molar-refractivity contribution < 1.29 is 35.9 Å². The highest BCUT2D eigenvalue weighted by atomic mass is 19.4. The summed E-state index contributed by atoms with van der Waals surface area (Å²) in [7, 11) is 0. The van der Waals surface area contributed by atoms with Crippen molar-refractivity contribution in [2.24, 2.45) is 0 Å². The van der Waals surface area contributed by atoms with Crippen LogP contribution in [0, 0.1) is 0 Å². The topological polar surface area (TPSA) is 70.2 Å². The molecule has 0 aliphatic rings. The van der Waals surface area contributed by atoms with Crippen LogP contribution in [0.15, 0.2) is 0 Å². The minimum absolute atomic E-state index is 0.222. The van der Waals surface area contributed by atoms with Gasteiger partial charge in [-0.3, -0.25) is 9.59 Å². The molecule has 0 spiro atoms. The van der Waals surface area contributed by atoms with E-state index in [2.05, 4.69) is 5.32 Å². The lowest BCUT2D eigenvalue weighted by Gasteiger charge is -2.21. The van der Waals surface area contributed by atoms with Crippen LogP contribution in [0.3, 0.4) is 0 Å². The quantitative estimate of drug-likeness (QED) is 0.504. The molecule has 0 rings (SSSR count). The van der Waals surface area contributed by atoms with Gasteiger partial charge in [0, 0.05) is 6.54 Å². The predicted octanol–water partition coefficient (Wildman–Crippen LogP) is 0.279. The standard InChI is InChI=1S/C8H11F6N3O2/c1-2-15-3-4(16-5(18)7(9,10)11)17-6(19)8(12,13)14/h4,15H,2-3H2,1H3,(H,16,18)(H,17,19). The Labute approximate surface area is 103 Å². The molecule has 0 atom stereocenters. The third kappa shape index (κ3) is 6.84. The lowest BCUT2D eigenvalue weighted by atomic mass is 10.4. The summed E-state index contributed by atoms with van der Waals surface area (Å²) in [6, 6.07) is 0. The summed E-state index contributed by atoms with van der Waals surface area (Å²) in [5, 5.41) is 4.87. The number of carbonyl (C=O) groups excluding carboxylic acids is 2. The Morgan fingerprint density at radius 2 is 1.32 bits per heavy atom. The van der Waals surface area contributed by atoms with E-state index in [0.717, 1.165) is 0 Å². The predicted molar refractivity (Wildman–Crippen MR) is 50.7 cm³/mol. The molecule has 11 heteroatoms. The molecule has 0 aromatic carbocycles. The SMILES string of the molecule is CCNCC(NC(=O)C(F)(F)F)NC(=O)C(F)(F)F. The molecule has 3 N–H and O–H groups in total. The summed E-state index contributed by atoms with van der Waals surface area (Å²) in [5.41, 5.74) is 0. The fraction of sp³-hybridized carbons (Fsp3) is 0.750. The van der Waals surface area contributed by atoms with E-state index in [1.165, 1.54) is 17.6 Å². The summed E-state index contributed by atoms with van der Waals surface area (Å²) < 4.78 is 71.6. The molecule has 0 aromatic rings. The Morgan fingerprint density at radius 1 is 0.947 bits per heavy atom. The first-order chi connectivity index (χ1) is 8.48. The largest absolute Gasteiger partial charge is 0.471 e. The van der Waals surface area contributed by atoms with Crippen molar-refractivity contribution in [2.75, 3.05) is 13.1 Å². The summed E-state index contributed by atoms with van der Waals surface area (Å²) in [6.45, 7) is 1.27. The summed E-state index contributed by atoms with van der Waals surface area (Å²) in [5.74, 6) is -4.89. The number of amides is 2. The van der Waals surface area contributed by atoms with Gasteiger partial charge in [-0.1, -0.05) is 6.92 Å². The maximum Gasteiger partial charge on any atom is 0.471 e. The van der Waals surface area contributed by atoms with Gasteiger partial charge < -0.3 is 16.0 Å². The van der Waals surface area contributed by atoms with Crippen LogP contribution in [0.4, 0.5) is 26.3 Å². The van der Waals surface area contributed by atoms with Crippen LogP contribution < -0.4 is 16.0 Å². The normalized spacial score (nSPS) is 12.4. The van der Waals surface area contributed by atoms with Gasteiger partial charge in [-0.15, -0.1) is 0 Å². The van der Waals surface area contributed by atoms with E-state index in [1.54, 1.807) is 0 Å². The van der Waals surface area contributed by atoms with Crippen molar-refractivity contribution in [3.8, 4) is 0 Å². The van der Waals surface area contributed by atoms with Crippen LogP contribution >= 0.6 is 0 Å². The lowest BCUT2D eigenvalue weighted by Crippen LogP contribution is -2.58. The zero-order chi connectivity index (χ0) is 15.3. The number of hydrogen-bond acceptors (Lipinski definition) is 3. The van der Waals surface area contributed by atoms with Gasteiger partial charge in [0.15, 0.2) is 0 Å². The summed E-state index contributed by atoms with van der Waals surface area (Å²) in [4.78, 5) is 21.1. The molecule has 112 valence electrons. The van der Waals surface area contributed by atoms with Crippen LogP contribution in [0.5, 0.6) is 0 Å². The molecule has 5 nitrogen and oxygen atoms in total. The molecule has 2 amide bonds. The van der Waals surface area contributed by atoms with Crippen LogP contribution in [-0.4, -0.2) is 43.4 Å². The Bertz CT molecular complexity index is 299. The molecular formula is C8H11F6N3O2. The minimum Gasteiger partial charge on any atom is -0.327 e. The van der Waals surface area contributed by atoms with Crippen molar-refractivity contribution >= 4 is 11.8 Å². The smallest absolute Gasteiger partial charge is 0.327 e. The molecule has 19 heavy (non-hydrogen) atoms. The van der Waals surface area contributed by atoms with Crippen LogP contribution in [-0.2, 0) is 9.59 Å². The number of carbonyl (C=O) groups is 2. The number of nitrogens with one attached hydrogen (secondary N) is 3. The lowest BCUT2D eigenvalue weighted by molar-refractivity contribution is -0.178. The summed E-state index contributed by atoms with van der Waals surface area (Å²) in [6.07, 6.45) is -12.3. The first-order valence-electron chi connectivity index (χ1n) is 4.94. The van der Waals surface area contributed by atoms with Gasteiger partial charge >= 0.3 is 24.2 Å². The number of hydrogen-bond donors (Lipinski definition) is 3. The van der Waals surface area contributed by atoms with Gasteiger partial charge in [-0.2, -0.15) is 26.3 Å². The van der Waals surface area contributed by atoms with E-state index in [4.69, 9.17) is 0 Å². The molecule has 0 heterocycles. The fourth-order valence-corrected chi connectivity index (χ4v) is 0.907. The third-order valence-corrected chi connectivity index (χ3v) is 1.72. The number of rotatable bonds is 5. The number of alkyl halides is 6. The molecule has 0 aliphatic heterocycles. The molecule has 0 radical (unpaired) electrons. The van der Waals surface area contributed by atoms with Crippen molar-refractivity contribution in [3.63, 3.8) is 0 Å².